The van der Waals surface area contributed by atoms with E-state index in [1.54, 1.807) is 16.8 Å². The summed E-state index contributed by atoms with van der Waals surface area (Å²) in [6, 6.07) is 5.47. The van der Waals surface area contributed by atoms with Crippen LogP contribution in [0.25, 0.3) is 5.82 Å². The molecule has 116 valence electrons. The third-order valence-electron chi connectivity index (χ3n) is 4.10. The van der Waals surface area contributed by atoms with Crippen LogP contribution >= 0.6 is 0 Å². The van der Waals surface area contributed by atoms with Crippen LogP contribution in [0.4, 0.5) is 0 Å². The van der Waals surface area contributed by atoms with Gasteiger partial charge in [0.05, 0.1) is 16.9 Å². The molecule has 0 aliphatic heterocycles. The van der Waals surface area contributed by atoms with Gasteiger partial charge in [-0.15, -0.1) is 0 Å². The summed E-state index contributed by atoms with van der Waals surface area (Å²) in [7, 11) is 0. The molecule has 0 bridgehead atoms. The highest BCUT2D eigenvalue weighted by Gasteiger charge is 2.34. The van der Waals surface area contributed by atoms with Crippen molar-refractivity contribution in [3.8, 4) is 5.82 Å². The van der Waals surface area contributed by atoms with Crippen LogP contribution in [0.2, 0.25) is 0 Å². The number of aryl methyl sites for hydroxylation is 2. The molecular formula is C16H20N4O2. The van der Waals surface area contributed by atoms with Crippen molar-refractivity contribution in [3.63, 3.8) is 0 Å². The SMILES string of the molecule is Cc1cc(C)n(-c2ccc(C(=O)NCC3(O)CCC3)cn2)n1. The van der Waals surface area contributed by atoms with E-state index >= 15 is 0 Å². The van der Waals surface area contributed by atoms with Crippen molar-refractivity contribution in [2.75, 3.05) is 6.54 Å². The number of nitrogens with one attached hydrogen (secondary N) is 1. The lowest BCUT2D eigenvalue weighted by molar-refractivity contribution is -0.0300. The molecule has 22 heavy (non-hydrogen) atoms. The molecule has 0 spiro atoms. The molecule has 0 atom stereocenters. The quantitative estimate of drug-likeness (QED) is 0.897. The largest absolute Gasteiger partial charge is 0.388 e. The lowest BCUT2D eigenvalue weighted by Gasteiger charge is -2.36. The molecule has 0 unspecified atom stereocenters. The van der Waals surface area contributed by atoms with E-state index in [9.17, 15) is 9.90 Å². The molecule has 3 rings (SSSR count). The van der Waals surface area contributed by atoms with Crippen LogP contribution < -0.4 is 5.32 Å². The van der Waals surface area contributed by atoms with E-state index in [2.05, 4.69) is 15.4 Å². The topological polar surface area (TPSA) is 80.0 Å². The fourth-order valence-corrected chi connectivity index (χ4v) is 2.62. The fraction of sp³-hybridized carbons (Fsp3) is 0.438. The van der Waals surface area contributed by atoms with Crippen LogP contribution in [0.5, 0.6) is 0 Å². The zero-order valence-electron chi connectivity index (χ0n) is 12.8. The second kappa shape index (κ2) is 5.53. The van der Waals surface area contributed by atoms with Gasteiger partial charge in [-0.05, 0) is 51.3 Å². The van der Waals surface area contributed by atoms with Gasteiger partial charge in [0, 0.05) is 18.4 Å². The van der Waals surface area contributed by atoms with Crippen LogP contribution in [-0.2, 0) is 0 Å². The minimum Gasteiger partial charge on any atom is -0.388 e. The molecule has 1 saturated carbocycles. The first-order valence-electron chi connectivity index (χ1n) is 7.47. The van der Waals surface area contributed by atoms with Gasteiger partial charge in [-0.1, -0.05) is 0 Å². The zero-order valence-corrected chi connectivity index (χ0v) is 12.8. The normalized spacial score (nSPS) is 16.1. The van der Waals surface area contributed by atoms with E-state index in [0.717, 1.165) is 30.7 Å². The monoisotopic (exact) mass is 300 g/mol. The molecule has 1 aliphatic carbocycles. The molecule has 2 heterocycles. The molecule has 2 N–H and O–H groups in total. The van der Waals surface area contributed by atoms with Crippen molar-refractivity contribution in [1.82, 2.24) is 20.1 Å². The summed E-state index contributed by atoms with van der Waals surface area (Å²) in [5.74, 6) is 0.465. The van der Waals surface area contributed by atoms with Gasteiger partial charge in [-0.2, -0.15) is 5.10 Å². The Labute approximate surface area is 129 Å². The summed E-state index contributed by atoms with van der Waals surface area (Å²) in [5.41, 5.74) is 1.68. The number of amides is 1. The number of hydrogen-bond donors (Lipinski definition) is 2. The Balaban J connectivity index is 1.68. The average Bonchev–Trinajstić information content (AvgIpc) is 2.81. The van der Waals surface area contributed by atoms with Gasteiger partial charge in [-0.3, -0.25) is 4.79 Å². The first-order valence-corrected chi connectivity index (χ1v) is 7.47. The Morgan fingerprint density at radius 1 is 1.41 bits per heavy atom. The van der Waals surface area contributed by atoms with E-state index in [0.29, 0.717) is 17.9 Å². The van der Waals surface area contributed by atoms with Crippen molar-refractivity contribution in [2.45, 2.75) is 38.7 Å². The Kier molecular flexibility index (Phi) is 3.70. The lowest BCUT2D eigenvalue weighted by Crippen LogP contribution is -2.47. The molecule has 1 amide bonds. The van der Waals surface area contributed by atoms with Crippen molar-refractivity contribution in [3.05, 3.63) is 41.3 Å². The first kappa shape index (κ1) is 14.7. The van der Waals surface area contributed by atoms with Crippen LogP contribution in [0.15, 0.2) is 24.4 Å². The molecule has 6 nitrogen and oxygen atoms in total. The minimum absolute atomic E-state index is 0.215. The molecule has 0 radical (unpaired) electrons. The van der Waals surface area contributed by atoms with Gasteiger partial charge in [-0.25, -0.2) is 9.67 Å². The van der Waals surface area contributed by atoms with Gasteiger partial charge in [0.1, 0.15) is 0 Å². The fourth-order valence-electron chi connectivity index (χ4n) is 2.62. The van der Waals surface area contributed by atoms with Crippen LogP contribution in [0, 0.1) is 13.8 Å². The predicted molar refractivity (Wildman–Crippen MR) is 82.0 cm³/mol. The second-order valence-electron chi connectivity index (χ2n) is 6.00. The number of pyridine rings is 1. The lowest BCUT2D eigenvalue weighted by atomic mass is 9.80. The number of aliphatic hydroxyl groups is 1. The van der Waals surface area contributed by atoms with Crippen molar-refractivity contribution >= 4 is 5.91 Å². The summed E-state index contributed by atoms with van der Waals surface area (Å²) in [4.78, 5) is 16.4. The molecule has 1 aliphatic rings. The van der Waals surface area contributed by atoms with E-state index < -0.39 is 5.60 Å². The molecular weight excluding hydrogens is 280 g/mol. The summed E-state index contributed by atoms with van der Waals surface area (Å²) in [6.07, 6.45) is 4.06. The highest BCUT2D eigenvalue weighted by molar-refractivity contribution is 5.94. The highest BCUT2D eigenvalue weighted by atomic mass is 16.3. The predicted octanol–water partition coefficient (Wildman–Crippen LogP) is 1.53. The molecule has 1 fully saturated rings. The van der Waals surface area contributed by atoms with Crippen LogP contribution in [-0.4, -0.2) is 37.9 Å². The van der Waals surface area contributed by atoms with E-state index in [1.165, 1.54) is 6.20 Å². The summed E-state index contributed by atoms with van der Waals surface area (Å²) in [6.45, 7) is 4.18. The summed E-state index contributed by atoms with van der Waals surface area (Å²) in [5, 5.41) is 17.1. The first-order chi connectivity index (χ1) is 10.5. The maximum absolute atomic E-state index is 12.1. The van der Waals surface area contributed by atoms with E-state index in [4.69, 9.17) is 0 Å². The Morgan fingerprint density at radius 2 is 2.18 bits per heavy atom. The van der Waals surface area contributed by atoms with Crippen molar-refractivity contribution in [1.29, 1.82) is 0 Å². The Bertz CT molecular complexity index is 687. The Hall–Kier alpha value is -2.21. The van der Waals surface area contributed by atoms with E-state index in [-0.39, 0.29) is 5.91 Å². The molecule has 6 heteroatoms. The van der Waals surface area contributed by atoms with Gasteiger partial charge in [0.25, 0.3) is 5.91 Å². The van der Waals surface area contributed by atoms with E-state index in [1.807, 2.05) is 19.9 Å². The number of carbonyl (C=O) groups is 1. The van der Waals surface area contributed by atoms with Crippen molar-refractivity contribution in [2.24, 2.45) is 0 Å². The molecule has 2 aromatic heterocycles. The maximum Gasteiger partial charge on any atom is 0.252 e. The second-order valence-corrected chi connectivity index (χ2v) is 6.00. The number of carbonyl (C=O) groups excluding carboxylic acids is 1. The average molecular weight is 300 g/mol. The number of hydrogen-bond acceptors (Lipinski definition) is 4. The van der Waals surface area contributed by atoms with Gasteiger partial charge >= 0.3 is 0 Å². The highest BCUT2D eigenvalue weighted by Crippen LogP contribution is 2.30. The minimum atomic E-state index is -0.716. The van der Waals surface area contributed by atoms with Crippen LogP contribution in [0.3, 0.4) is 0 Å². The maximum atomic E-state index is 12.1. The smallest absolute Gasteiger partial charge is 0.252 e. The van der Waals surface area contributed by atoms with Crippen LogP contribution in [0.1, 0.15) is 41.0 Å². The Morgan fingerprint density at radius 3 is 2.68 bits per heavy atom. The number of aromatic nitrogens is 3. The standard InChI is InChI=1S/C16H20N4O2/c1-11-8-12(2)20(19-11)14-5-4-13(9-17-14)15(21)18-10-16(22)6-3-7-16/h4-5,8-9,22H,3,6-7,10H2,1-2H3,(H,18,21). The summed E-state index contributed by atoms with van der Waals surface area (Å²) >= 11 is 0. The third-order valence-corrected chi connectivity index (χ3v) is 4.10. The summed E-state index contributed by atoms with van der Waals surface area (Å²) < 4.78 is 1.74. The van der Waals surface area contributed by atoms with Gasteiger partial charge in [0.2, 0.25) is 0 Å². The van der Waals surface area contributed by atoms with Gasteiger partial charge < -0.3 is 10.4 Å². The van der Waals surface area contributed by atoms with Gasteiger partial charge in [0.15, 0.2) is 5.82 Å². The molecule has 2 aromatic rings. The zero-order chi connectivity index (χ0) is 15.7. The van der Waals surface area contributed by atoms with Crippen molar-refractivity contribution < 1.29 is 9.90 Å². The number of rotatable bonds is 4. The number of nitrogens with zero attached hydrogens (tertiary/aromatic N) is 3. The third kappa shape index (κ3) is 2.87. The molecule has 0 aromatic carbocycles. The molecule has 0 saturated heterocycles.